The third kappa shape index (κ3) is 5.84. The Hall–Kier alpha value is -0.960. The van der Waals surface area contributed by atoms with E-state index in [1.54, 1.807) is 12.1 Å². The van der Waals surface area contributed by atoms with Crippen LogP contribution in [0.25, 0.3) is 0 Å². The fourth-order valence-corrected chi connectivity index (χ4v) is 3.99. The fourth-order valence-electron chi connectivity index (χ4n) is 2.69. The van der Waals surface area contributed by atoms with E-state index in [1.165, 1.54) is 12.1 Å². The molecule has 1 aliphatic rings. The number of carbonyl (C=O) groups excluding carboxylic acids is 1. The number of hydrogen-bond acceptors (Lipinski definition) is 4. The van der Waals surface area contributed by atoms with Gasteiger partial charge in [0.25, 0.3) is 0 Å². The van der Waals surface area contributed by atoms with Crippen LogP contribution in [0, 0.1) is 0 Å². The molecule has 1 heterocycles. The van der Waals surface area contributed by atoms with Crippen molar-refractivity contribution in [1.82, 2.24) is 14.9 Å². The summed E-state index contributed by atoms with van der Waals surface area (Å²) in [5.41, 5.74) is 0. The standard InChI is InChI=1S/C16H24BrN3O3S/c1-2-20-11-8-14(9-12-20)19-16(21)7-10-18-24(22,23)15-5-3-13(17)4-6-15/h3-6,14,18H,2,7-12H2,1H3,(H,19,21). The highest BCUT2D eigenvalue weighted by molar-refractivity contribution is 9.10. The van der Waals surface area contributed by atoms with Crippen LogP contribution in [0.1, 0.15) is 26.2 Å². The Morgan fingerprint density at radius 3 is 2.46 bits per heavy atom. The molecule has 1 fully saturated rings. The molecule has 134 valence electrons. The molecule has 2 N–H and O–H groups in total. The highest BCUT2D eigenvalue weighted by Gasteiger charge is 2.20. The van der Waals surface area contributed by atoms with Gasteiger partial charge in [0.2, 0.25) is 15.9 Å². The number of benzene rings is 1. The smallest absolute Gasteiger partial charge is 0.240 e. The molecule has 0 atom stereocenters. The summed E-state index contributed by atoms with van der Waals surface area (Å²) >= 11 is 3.27. The van der Waals surface area contributed by atoms with Crippen molar-refractivity contribution >= 4 is 31.9 Å². The van der Waals surface area contributed by atoms with E-state index in [0.717, 1.165) is 36.9 Å². The first kappa shape index (κ1) is 19.4. The van der Waals surface area contributed by atoms with Crippen LogP contribution in [0.2, 0.25) is 0 Å². The Morgan fingerprint density at radius 1 is 1.25 bits per heavy atom. The van der Waals surface area contributed by atoms with Crippen molar-refractivity contribution in [2.75, 3.05) is 26.2 Å². The topological polar surface area (TPSA) is 78.5 Å². The van der Waals surface area contributed by atoms with Crippen LogP contribution in [0.15, 0.2) is 33.6 Å². The van der Waals surface area contributed by atoms with Gasteiger partial charge in [0.05, 0.1) is 4.90 Å². The van der Waals surface area contributed by atoms with Gasteiger partial charge >= 0.3 is 0 Å². The van der Waals surface area contributed by atoms with Crippen molar-refractivity contribution in [2.24, 2.45) is 0 Å². The van der Waals surface area contributed by atoms with Crippen LogP contribution in [-0.2, 0) is 14.8 Å². The Labute approximate surface area is 152 Å². The Kier molecular flexibility index (Phi) is 7.21. The molecular formula is C16H24BrN3O3S. The van der Waals surface area contributed by atoms with Gasteiger partial charge in [0.15, 0.2) is 0 Å². The number of carbonyl (C=O) groups is 1. The minimum Gasteiger partial charge on any atom is -0.353 e. The summed E-state index contributed by atoms with van der Waals surface area (Å²) in [7, 11) is -3.57. The molecule has 0 aromatic heterocycles. The maximum atomic E-state index is 12.1. The lowest BCUT2D eigenvalue weighted by Gasteiger charge is -2.31. The lowest BCUT2D eigenvalue weighted by molar-refractivity contribution is -0.121. The van der Waals surface area contributed by atoms with E-state index in [4.69, 9.17) is 0 Å². The SMILES string of the molecule is CCN1CCC(NC(=O)CCNS(=O)(=O)c2ccc(Br)cc2)CC1. The zero-order valence-electron chi connectivity index (χ0n) is 13.8. The molecule has 1 aromatic rings. The number of likely N-dealkylation sites (tertiary alicyclic amines) is 1. The van der Waals surface area contributed by atoms with E-state index in [1.807, 2.05) is 0 Å². The minimum absolute atomic E-state index is 0.0953. The maximum absolute atomic E-state index is 12.1. The molecule has 1 aliphatic heterocycles. The van der Waals surface area contributed by atoms with Crippen LogP contribution in [0.4, 0.5) is 0 Å². The Morgan fingerprint density at radius 2 is 1.88 bits per heavy atom. The van der Waals surface area contributed by atoms with E-state index < -0.39 is 10.0 Å². The predicted molar refractivity (Wildman–Crippen MR) is 97.2 cm³/mol. The molecule has 1 saturated heterocycles. The van der Waals surface area contributed by atoms with E-state index in [9.17, 15) is 13.2 Å². The molecule has 0 aliphatic carbocycles. The quantitative estimate of drug-likeness (QED) is 0.707. The number of piperidine rings is 1. The summed E-state index contributed by atoms with van der Waals surface area (Å²) in [5, 5.41) is 2.99. The van der Waals surface area contributed by atoms with Gasteiger partial charge in [-0.1, -0.05) is 22.9 Å². The second-order valence-electron chi connectivity index (χ2n) is 5.88. The van der Waals surface area contributed by atoms with Crippen molar-refractivity contribution in [3.8, 4) is 0 Å². The number of halogens is 1. The molecule has 6 nitrogen and oxygen atoms in total. The van der Waals surface area contributed by atoms with Gasteiger partial charge in [0, 0.05) is 36.6 Å². The molecule has 8 heteroatoms. The zero-order chi connectivity index (χ0) is 17.6. The van der Waals surface area contributed by atoms with Crippen LogP contribution >= 0.6 is 15.9 Å². The van der Waals surface area contributed by atoms with Crippen LogP contribution < -0.4 is 10.0 Å². The summed E-state index contributed by atoms with van der Waals surface area (Å²) in [6.07, 6.45) is 2.04. The highest BCUT2D eigenvalue weighted by Crippen LogP contribution is 2.14. The summed E-state index contributed by atoms with van der Waals surface area (Å²) in [6.45, 7) is 5.27. The molecule has 2 rings (SSSR count). The summed E-state index contributed by atoms with van der Waals surface area (Å²) < 4.78 is 27.5. The Balaban J connectivity index is 1.73. The molecular weight excluding hydrogens is 394 g/mol. The first-order valence-corrected chi connectivity index (χ1v) is 10.5. The monoisotopic (exact) mass is 417 g/mol. The number of hydrogen-bond donors (Lipinski definition) is 2. The molecule has 0 bridgehead atoms. The van der Waals surface area contributed by atoms with Crippen molar-refractivity contribution in [3.05, 3.63) is 28.7 Å². The summed E-state index contributed by atoms with van der Waals surface area (Å²) in [4.78, 5) is 14.5. The number of amides is 1. The van der Waals surface area contributed by atoms with Gasteiger partial charge in [-0.15, -0.1) is 0 Å². The second kappa shape index (κ2) is 8.94. The molecule has 0 unspecified atom stereocenters. The molecule has 0 radical (unpaired) electrons. The normalized spacial score (nSPS) is 16.9. The van der Waals surface area contributed by atoms with Gasteiger partial charge in [-0.3, -0.25) is 4.79 Å². The van der Waals surface area contributed by atoms with Crippen LogP contribution in [-0.4, -0.2) is 51.4 Å². The number of rotatable bonds is 7. The molecule has 24 heavy (non-hydrogen) atoms. The van der Waals surface area contributed by atoms with Crippen LogP contribution in [0.3, 0.4) is 0 Å². The molecule has 0 spiro atoms. The zero-order valence-corrected chi connectivity index (χ0v) is 16.2. The molecule has 0 saturated carbocycles. The first-order chi connectivity index (χ1) is 11.4. The van der Waals surface area contributed by atoms with Crippen molar-refractivity contribution in [2.45, 2.75) is 37.1 Å². The average Bonchev–Trinajstić information content (AvgIpc) is 2.56. The predicted octanol–water partition coefficient (Wildman–Crippen LogP) is 1.72. The number of nitrogens with zero attached hydrogens (tertiary/aromatic N) is 1. The summed E-state index contributed by atoms with van der Waals surface area (Å²) in [6, 6.07) is 6.58. The first-order valence-electron chi connectivity index (χ1n) is 8.17. The number of nitrogens with one attached hydrogen (secondary N) is 2. The molecule has 1 aromatic carbocycles. The largest absolute Gasteiger partial charge is 0.353 e. The Bertz CT molecular complexity index is 641. The van der Waals surface area contributed by atoms with Gasteiger partial charge in [0.1, 0.15) is 0 Å². The van der Waals surface area contributed by atoms with Crippen molar-refractivity contribution in [1.29, 1.82) is 0 Å². The van der Waals surface area contributed by atoms with Gasteiger partial charge in [-0.2, -0.15) is 0 Å². The van der Waals surface area contributed by atoms with Gasteiger partial charge in [-0.05, 0) is 43.7 Å². The number of sulfonamides is 1. The van der Waals surface area contributed by atoms with Crippen LogP contribution in [0.5, 0.6) is 0 Å². The summed E-state index contributed by atoms with van der Waals surface area (Å²) in [5.74, 6) is -0.108. The second-order valence-corrected chi connectivity index (χ2v) is 8.56. The van der Waals surface area contributed by atoms with E-state index in [-0.39, 0.29) is 29.8 Å². The fraction of sp³-hybridized carbons (Fsp3) is 0.562. The highest BCUT2D eigenvalue weighted by atomic mass is 79.9. The van der Waals surface area contributed by atoms with E-state index in [2.05, 4.69) is 37.8 Å². The third-order valence-electron chi connectivity index (χ3n) is 4.17. The van der Waals surface area contributed by atoms with Gasteiger partial charge < -0.3 is 10.2 Å². The lowest BCUT2D eigenvalue weighted by atomic mass is 10.1. The van der Waals surface area contributed by atoms with E-state index in [0.29, 0.717) is 0 Å². The van der Waals surface area contributed by atoms with Crippen molar-refractivity contribution in [3.63, 3.8) is 0 Å². The minimum atomic E-state index is -3.57. The third-order valence-corrected chi connectivity index (χ3v) is 6.17. The molecule has 1 amide bonds. The average molecular weight is 418 g/mol. The van der Waals surface area contributed by atoms with Gasteiger partial charge in [-0.25, -0.2) is 13.1 Å². The lowest BCUT2D eigenvalue weighted by Crippen LogP contribution is -2.45. The maximum Gasteiger partial charge on any atom is 0.240 e. The van der Waals surface area contributed by atoms with E-state index >= 15 is 0 Å². The van der Waals surface area contributed by atoms with Crippen molar-refractivity contribution < 1.29 is 13.2 Å².